The van der Waals surface area contributed by atoms with Crippen molar-refractivity contribution in [3.63, 3.8) is 0 Å². The fourth-order valence-corrected chi connectivity index (χ4v) is 5.91. The molecule has 3 heterocycles. The maximum atomic E-state index is 13.0. The number of benzene rings is 1. The highest BCUT2D eigenvalue weighted by Gasteiger charge is 2.28. The minimum Gasteiger partial charge on any atom is -0.338 e. The number of fused-ring (bicyclic) bond motifs is 2. The van der Waals surface area contributed by atoms with Crippen molar-refractivity contribution in [2.75, 3.05) is 13.1 Å². The first kappa shape index (κ1) is 17.7. The van der Waals surface area contributed by atoms with Crippen LogP contribution in [-0.4, -0.2) is 33.4 Å². The van der Waals surface area contributed by atoms with Crippen LogP contribution < -0.4 is 5.69 Å². The van der Waals surface area contributed by atoms with Crippen LogP contribution in [0.25, 0.3) is 11.0 Å². The van der Waals surface area contributed by atoms with Crippen LogP contribution in [0, 0.1) is 5.92 Å². The summed E-state index contributed by atoms with van der Waals surface area (Å²) in [4.78, 5) is 32.7. The van der Waals surface area contributed by atoms with E-state index in [2.05, 4.69) is 18.0 Å². The molecule has 1 atom stereocenters. The number of para-hydroxylation sites is 2. The molecule has 1 amide bonds. The number of amides is 1. The topological polar surface area (TPSA) is 58.1 Å². The molecule has 1 unspecified atom stereocenters. The number of carbonyl (C=O) groups is 1. The first-order valence-corrected chi connectivity index (χ1v) is 11.0. The van der Waals surface area contributed by atoms with Gasteiger partial charge in [0.05, 0.1) is 15.9 Å². The van der Waals surface area contributed by atoms with E-state index < -0.39 is 0 Å². The number of imidazole rings is 1. The Hall–Kier alpha value is -2.34. The molecule has 0 radical (unpaired) electrons. The lowest BCUT2D eigenvalue weighted by atomic mass is 9.90. The maximum Gasteiger partial charge on any atom is 0.326 e. The molecule has 5 nitrogen and oxygen atoms in total. The molecule has 0 spiro atoms. The molecule has 6 heteroatoms. The largest absolute Gasteiger partial charge is 0.338 e. The number of nitrogens with one attached hydrogen (secondary N) is 1. The first-order chi connectivity index (χ1) is 13.6. The molecule has 0 saturated carbocycles. The van der Waals surface area contributed by atoms with E-state index in [-0.39, 0.29) is 17.6 Å². The predicted molar refractivity (Wildman–Crippen MR) is 112 cm³/mol. The average molecular weight is 396 g/mol. The highest BCUT2D eigenvalue weighted by atomic mass is 32.1. The molecular formula is C22H25N3O2S. The van der Waals surface area contributed by atoms with E-state index in [0.717, 1.165) is 47.5 Å². The highest BCUT2D eigenvalue weighted by Crippen LogP contribution is 2.33. The Kier molecular flexibility index (Phi) is 4.38. The number of rotatable bonds is 2. The van der Waals surface area contributed by atoms with E-state index in [1.165, 1.54) is 16.9 Å². The Balaban J connectivity index is 1.31. The number of thiophene rings is 1. The molecule has 28 heavy (non-hydrogen) atoms. The summed E-state index contributed by atoms with van der Waals surface area (Å²) in [7, 11) is 0. The van der Waals surface area contributed by atoms with Crippen molar-refractivity contribution in [2.24, 2.45) is 5.92 Å². The van der Waals surface area contributed by atoms with Crippen LogP contribution in [0.4, 0.5) is 0 Å². The Morgan fingerprint density at radius 2 is 1.96 bits per heavy atom. The van der Waals surface area contributed by atoms with Crippen LogP contribution in [-0.2, 0) is 12.8 Å². The van der Waals surface area contributed by atoms with Gasteiger partial charge < -0.3 is 9.88 Å². The summed E-state index contributed by atoms with van der Waals surface area (Å²) >= 11 is 1.69. The predicted octanol–water partition coefficient (Wildman–Crippen LogP) is 3.99. The van der Waals surface area contributed by atoms with Crippen molar-refractivity contribution in [1.82, 2.24) is 14.5 Å². The molecule has 1 fully saturated rings. The fourth-order valence-electron chi connectivity index (χ4n) is 4.73. The van der Waals surface area contributed by atoms with Crippen molar-refractivity contribution in [3.05, 3.63) is 56.1 Å². The quantitative estimate of drug-likeness (QED) is 0.713. The molecule has 3 aromatic rings. The maximum absolute atomic E-state index is 13.0. The zero-order valence-corrected chi connectivity index (χ0v) is 16.9. The molecule has 0 bridgehead atoms. The first-order valence-electron chi connectivity index (χ1n) is 10.2. The van der Waals surface area contributed by atoms with Crippen molar-refractivity contribution >= 4 is 28.3 Å². The summed E-state index contributed by atoms with van der Waals surface area (Å²) in [5.41, 5.74) is 3.17. The molecule has 1 saturated heterocycles. The van der Waals surface area contributed by atoms with Crippen LogP contribution in [0.3, 0.4) is 0 Å². The molecule has 1 N–H and O–H groups in total. The minimum atomic E-state index is -0.0500. The lowest BCUT2D eigenvalue weighted by Crippen LogP contribution is -2.40. The van der Waals surface area contributed by atoms with E-state index in [4.69, 9.17) is 0 Å². The Morgan fingerprint density at radius 1 is 1.18 bits per heavy atom. The van der Waals surface area contributed by atoms with Crippen LogP contribution in [0.2, 0.25) is 0 Å². The number of nitrogens with zero attached hydrogens (tertiary/aromatic N) is 2. The molecule has 5 rings (SSSR count). The summed E-state index contributed by atoms with van der Waals surface area (Å²) in [6.07, 6.45) is 5.07. The van der Waals surface area contributed by atoms with Crippen molar-refractivity contribution in [1.29, 1.82) is 0 Å². The lowest BCUT2D eigenvalue weighted by Gasteiger charge is -2.32. The molecule has 1 aromatic carbocycles. The second kappa shape index (κ2) is 6.92. The van der Waals surface area contributed by atoms with Crippen LogP contribution >= 0.6 is 11.3 Å². The SMILES string of the molecule is CC1CCc2sc(C(=O)N3CCC(n4c(=O)[nH]c5ccccc54)CC3)cc2C1. The van der Waals surface area contributed by atoms with Gasteiger partial charge in [0, 0.05) is 24.0 Å². The third-order valence-corrected chi connectivity index (χ3v) is 7.51. The summed E-state index contributed by atoms with van der Waals surface area (Å²) in [6, 6.07) is 10.1. The molecule has 1 aliphatic heterocycles. The zero-order valence-electron chi connectivity index (χ0n) is 16.1. The van der Waals surface area contributed by atoms with Crippen molar-refractivity contribution in [3.8, 4) is 0 Å². The molecule has 1 aliphatic carbocycles. The van der Waals surface area contributed by atoms with Crippen molar-refractivity contribution in [2.45, 2.75) is 45.1 Å². The van der Waals surface area contributed by atoms with Gasteiger partial charge in [-0.15, -0.1) is 11.3 Å². The monoisotopic (exact) mass is 395 g/mol. The number of aryl methyl sites for hydroxylation is 1. The number of likely N-dealkylation sites (tertiary alicyclic amines) is 1. The Bertz CT molecular complexity index is 1080. The lowest BCUT2D eigenvalue weighted by molar-refractivity contribution is 0.0700. The summed E-state index contributed by atoms with van der Waals surface area (Å²) in [5, 5.41) is 0. The van der Waals surface area contributed by atoms with Crippen LogP contribution in [0.5, 0.6) is 0 Å². The Labute approximate surface area is 168 Å². The van der Waals surface area contributed by atoms with Gasteiger partial charge in [0.2, 0.25) is 0 Å². The van der Waals surface area contributed by atoms with Crippen LogP contribution in [0.15, 0.2) is 35.1 Å². The van der Waals surface area contributed by atoms with Gasteiger partial charge in [0.15, 0.2) is 0 Å². The molecule has 2 aliphatic rings. The number of hydrogen-bond acceptors (Lipinski definition) is 3. The Morgan fingerprint density at radius 3 is 2.79 bits per heavy atom. The van der Waals surface area contributed by atoms with Gasteiger partial charge in [-0.25, -0.2) is 4.79 Å². The molecule has 2 aromatic heterocycles. The number of H-pyrrole nitrogens is 1. The van der Waals surface area contributed by atoms with Gasteiger partial charge in [-0.3, -0.25) is 9.36 Å². The van der Waals surface area contributed by atoms with E-state index in [1.54, 1.807) is 11.3 Å². The molecule has 146 valence electrons. The van der Waals surface area contributed by atoms with Gasteiger partial charge in [-0.1, -0.05) is 19.1 Å². The van der Waals surface area contributed by atoms with E-state index in [1.807, 2.05) is 33.7 Å². The van der Waals surface area contributed by atoms with Gasteiger partial charge in [0.1, 0.15) is 0 Å². The van der Waals surface area contributed by atoms with Crippen molar-refractivity contribution < 1.29 is 4.79 Å². The second-order valence-electron chi connectivity index (χ2n) is 8.25. The third-order valence-electron chi connectivity index (χ3n) is 6.28. The average Bonchev–Trinajstić information content (AvgIpc) is 3.27. The highest BCUT2D eigenvalue weighted by molar-refractivity contribution is 7.14. The molecular weight excluding hydrogens is 370 g/mol. The number of aromatic amines is 1. The van der Waals surface area contributed by atoms with Gasteiger partial charge >= 0.3 is 5.69 Å². The normalized spacial score (nSPS) is 20.5. The van der Waals surface area contributed by atoms with E-state index in [0.29, 0.717) is 13.1 Å². The number of piperidine rings is 1. The number of aromatic nitrogens is 2. The summed E-state index contributed by atoms with van der Waals surface area (Å²) in [6.45, 7) is 3.70. The number of hydrogen-bond donors (Lipinski definition) is 1. The summed E-state index contributed by atoms with van der Waals surface area (Å²) in [5.74, 6) is 0.882. The number of carbonyl (C=O) groups excluding carboxylic acids is 1. The van der Waals surface area contributed by atoms with Crippen LogP contribution in [0.1, 0.15) is 52.3 Å². The standard InChI is InChI=1S/C22H25N3O2S/c1-14-6-7-19-15(12-14)13-20(28-19)21(26)24-10-8-16(9-11-24)25-18-5-3-2-4-17(18)23-22(25)27/h2-5,13-14,16H,6-12H2,1H3,(H,23,27). The smallest absolute Gasteiger partial charge is 0.326 e. The van der Waals surface area contributed by atoms with Gasteiger partial charge in [0.25, 0.3) is 5.91 Å². The van der Waals surface area contributed by atoms with Gasteiger partial charge in [-0.2, -0.15) is 0 Å². The zero-order chi connectivity index (χ0) is 19.3. The fraction of sp³-hybridized carbons (Fsp3) is 0.455. The second-order valence-corrected chi connectivity index (χ2v) is 9.38. The van der Waals surface area contributed by atoms with E-state index in [9.17, 15) is 9.59 Å². The summed E-state index contributed by atoms with van der Waals surface area (Å²) < 4.78 is 1.88. The third kappa shape index (κ3) is 3.00. The van der Waals surface area contributed by atoms with E-state index >= 15 is 0 Å². The van der Waals surface area contributed by atoms with Gasteiger partial charge in [-0.05, 0) is 61.8 Å². The minimum absolute atomic E-state index is 0.0500.